The standard InChI is InChI=1S/C23H22ClF3N6/c1-3-15(8-7-14(2)25)17-6-4-5-9-33-22(17)30-23(31-33)29-16-10-18(26)21(19(27)11-16)32-12-20(24)28-13-32/h3,7-8,10-13,17H,2,4-6,9H2,1H3,(H,29,31). The van der Waals surface area contributed by atoms with Gasteiger partial charge in [0.15, 0.2) is 11.6 Å². The molecule has 3 heterocycles. The number of hydrogen-bond donors (Lipinski definition) is 1. The first-order chi connectivity index (χ1) is 15.9. The number of nitrogens with zero attached hydrogens (tertiary/aromatic N) is 5. The second-order valence-corrected chi connectivity index (χ2v) is 8.04. The van der Waals surface area contributed by atoms with Gasteiger partial charge in [0.2, 0.25) is 5.95 Å². The fraction of sp³-hybridized carbons (Fsp3) is 0.261. The number of aryl methyl sites for hydroxylation is 1. The van der Waals surface area contributed by atoms with E-state index in [4.69, 9.17) is 11.6 Å². The van der Waals surface area contributed by atoms with Crippen LogP contribution in [0.2, 0.25) is 5.15 Å². The highest BCUT2D eigenvalue weighted by Gasteiger charge is 2.25. The summed E-state index contributed by atoms with van der Waals surface area (Å²) < 4.78 is 45.5. The Morgan fingerprint density at radius 1 is 1.24 bits per heavy atom. The fourth-order valence-electron chi connectivity index (χ4n) is 3.92. The van der Waals surface area contributed by atoms with Gasteiger partial charge in [-0.25, -0.2) is 22.8 Å². The highest BCUT2D eigenvalue weighted by atomic mass is 35.5. The zero-order valence-corrected chi connectivity index (χ0v) is 18.7. The predicted molar refractivity (Wildman–Crippen MR) is 122 cm³/mol. The maximum atomic E-state index is 14.7. The van der Waals surface area contributed by atoms with E-state index in [1.165, 1.54) is 23.2 Å². The van der Waals surface area contributed by atoms with Gasteiger partial charge in [-0.15, -0.1) is 5.10 Å². The summed E-state index contributed by atoms with van der Waals surface area (Å²) in [6.45, 7) is 5.81. The van der Waals surface area contributed by atoms with Crippen LogP contribution in [0.1, 0.15) is 37.9 Å². The lowest BCUT2D eigenvalue weighted by Crippen LogP contribution is -2.08. The molecule has 33 heavy (non-hydrogen) atoms. The van der Waals surface area contributed by atoms with E-state index in [-0.39, 0.29) is 28.4 Å². The first-order valence-electron chi connectivity index (χ1n) is 10.4. The minimum atomic E-state index is -0.794. The van der Waals surface area contributed by atoms with Gasteiger partial charge in [0.1, 0.15) is 28.8 Å². The van der Waals surface area contributed by atoms with Crippen molar-refractivity contribution in [2.75, 3.05) is 5.32 Å². The number of anilines is 2. The minimum absolute atomic E-state index is 0.0852. The van der Waals surface area contributed by atoms with E-state index in [2.05, 4.69) is 27.0 Å². The second-order valence-electron chi connectivity index (χ2n) is 7.65. The van der Waals surface area contributed by atoms with Crippen LogP contribution in [-0.4, -0.2) is 24.3 Å². The first-order valence-corrected chi connectivity index (χ1v) is 10.8. The van der Waals surface area contributed by atoms with Crippen LogP contribution in [0.3, 0.4) is 0 Å². The van der Waals surface area contributed by atoms with E-state index in [0.29, 0.717) is 12.4 Å². The number of imidazole rings is 1. The van der Waals surface area contributed by atoms with E-state index in [1.807, 2.05) is 13.0 Å². The third-order valence-corrected chi connectivity index (χ3v) is 5.59. The minimum Gasteiger partial charge on any atom is -0.323 e. The Hall–Kier alpha value is -3.33. The number of fused-ring (bicyclic) bond motifs is 1. The molecule has 0 fully saturated rings. The summed E-state index contributed by atoms with van der Waals surface area (Å²) in [4.78, 5) is 8.38. The predicted octanol–water partition coefficient (Wildman–Crippen LogP) is 6.39. The zero-order chi connectivity index (χ0) is 23.5. The summed E-state index contributed by atoms with van der Waals surface area (Å²) in [7, 11) is 0. The molecule has 1 atom stereocenters. The van der Waals surface area contributed by atoms with Crippen LogP contribution in [0, 0.1) is 11.6 Å². The van der Waals surface area contributed by atoms with E-state index in [0.717, 1.165) is 37.0 Å². The quantitative estimate of drug-likeness (QED) is 0.420. The molecule has 0 aliphatic carbocycles. The molecule has 2 aromatic heterocycles. The maximum Gasteiger partial charge on any atom is 0.246 e. The first kappa shape index (κ1) is 22.8. The van der Waals surface area contributed by atoms with Crippen molar-refractivity contribution >= 4 is 23.2 Å². The van der Waals surface area contributed by atoms with Crippen LogP contribution in [0.15, 0.2) is 60.9 Å². The van der Waals surface area contributed by atoms with Crippen molar-refractivity contribution in [1.82, 2.24) is 24.3 Å². The summed E-state index contributed by atoms with van der Waals surface area (Å²) in [5, 5.41) is 7.50. The zero-order valence-electron chi connectivity index (χ0n) is 17.9. The molecule has 0 amide bonds. The van der Waals surface area contributed by atoms with E-state index in [1.54, 1.807) is 10.8 Å². The molecule has 10 heteroatoms. The maximum absolute atomic E-state index is 14.7. The molecule has 0 radical (unpaired) electrons. The Morgan fingerprint density at radius 2 is 2.00 bits per heavy atom. The molecule has 0 saturated heterocycles. The van der Waals surface area contributed by atoms with Gasteiger partial charge in [-0.1, -0.05) is 36.8 Å². The second kappa shape index (κ2) is 9.66. The van der Waals surface area contributed by atoms with Gasteiger partial charge in [-0.2, -0.15) is 4.98 Å². The van der Waals surface area contributed by atoms with Crippen molar-refractivity contribution in [3.8, 4) is 5.69 Å². The van der Waals surface area contributed by atoms with Gasteiger partial charge in [0, 0.05) is 24.3 Å². The number of allylic oxidation sites excluding steroid dienone is 5. The van der Waals surface area contributed by atoms with Gasteiger partial charge in [-0.05, 0) is 43.5 Å². The number of halogens is 4. The molecular formula is C23H22ClF3N6. The molecule has 3 aromatic rings. The SMILES string of the molecule is C=C(F)C=CC(=CC)C1CCCCn2nc(Nc3cc(F)c(-n4cnc(Cl)c4)c(F)c3)nc21. The van der Waals surface area contributed by atoms with E-state index < -0.39 is 17.5 Å². The number of rotatable bonds is 6. The summed E-state index contributed by atoms with van der Waals surface area (Å²) in [6.07, 6.45) is 10.2. The van der Waals surface area contributed by atoms with Crippen LogP contribution in [0.4, 0.5) is 24.8 Å². The highest BCUT2D eigenvalue weighted by Crippen LogP contribution is 2.34. The Bertz CT molecular complexity index is 1220. The Morgan fingerprint density at radius 3 is 2.64 bits per heavy atom. The smallest absolute Gasteiger partial charge is 0.246 e. The Labute approximate surface area is 194 Å². The van der Waals surface area contributed by atoms with Gasteiger partial charge in [-0.3, -0.25) is 4.57 Å². The lowest BCUT2D eigenvalue weighted by Gasteiger charge is -2.15. The van der Waals surface area contributed by atoms with Crippen molar-refractivity contribution in [1.29, 1.82) is 0 Å². The van der Waals surface area contributed by atoms with Gasteiger partial charge < -0.3 is 5.32 Å². The van der Waals surface area contributed by atoms with Crippen LogP contribution < -0.4 is 5.32 Å². The average Bonchev–Trinajstić information content (AvgIpc) is 3.30. The molecule has 6 nitrogen and oxygen atoms in total. The summed E-state index contributed by atoms with van der Waals surface area (Å²) >= 11 is 5.76. The van der Waals surface area contributed by atoms with Gasteiger partial charge in [0.05, 0.1) is 0 Å². The molecule has 0 saturated carbocycles. The molecular weight excluding hydrogens is 453 g/mol. The fourth-order valence-corrected chi connectivity index (χ4v) is 4.07. The molecule has 0 spiro atoms. The molecule has 1 N–H and O–H groups in total. The topological polar surface area (TPSA) is 60.6 Å². The normalized spacial score (nSPS) is 16.6. The Balaban J connectivity index is 1.63. The number of aromatic nitrogens is 5. The van der Waals surface area contributed by atoms with Crippen LogP contribution in [-0.2, 0) is 6.54 Å². The summed E-state index contributed by atoms with van der Waals surface area (Å²) in [6, 6.07) is 2.31. The molecule has 0 bridgehead atoms. The van der Waals surface area contributed by atoms with Crippen molar-refractivity contribution in [2.24, 2.45) is 0 Å². The van der Waals surface area contributed by atoms with Crippen molar-refractivity contribution in [3.05, 3.63) is 83.5 Å². The number of benzene rings is 1. The third-order valence-electron chi connectivity index (χ3n) is 5.40. The largest absolute Gasteiger partial charge is 0.323 e. The lowest BCUT2D eigenvalue weighted by atomic mass is 9.92. The highest BCUT2D eigenvalue weighted by molar-refractivity contribution is 6.29. The third kappa shape index (κ3) is 5.03. The van der Waals surface area contributed by atoms with Crippen LogP contribution in [0.5, 0.6) is 0 Å². The summed E-state index contributed by atoms with van der Waals surface area (Å²) in [5.74, 6) is -1.27. The van der Waals surface area contributed by atoms with Crippen molar-refractivity contribution < 1.29 is 13.2 Å². The van der Waals surface area contributed by atoms with Crippen molar-refractivity contribution in [2.45, 2.75) is 38.6 Å². The molecule has 1 aliphatic rings. The number of nitrogens with one attached hydrogen (secondary N) is 1. The average molecular weight is 475 g/mol. The molecule has 1 unspecified atom stereocenters. The van der Waals surface area contributed by atoms with E-state index in [9.17, 15) is 13.2 Å². The van der Waals surface area contributed by atoms with Gasteiger partial charge in [0.25, 0.3) is 0 Å². The molecule has 1 aliphatic heterocycles. The Kier molecular flexibility index (Phi) is 6.69. The monoisotopic (exact) mass is 474 g/mol. The van der Waals surface area contributed by atoms with Gasteiger partial charge >= 0.3 is 0 Å². The van der Waals surface area contributed by atoms with E-state index >= 15 is 0 Å². The molecule has 172 valence electrons. The van der Waals surface area contributed by atoms with Crippen LogP contribution in [0.25, 0.3) is 5.69 Å². The summed E-state index contributed by atoms with van der Waals surface area (Å²) in [5.41, 5.74) is 0.779. The molecule has 1 aromatic carbocycles. The number of hydrogen-bond acceptors (Lipinski definition) is 4. The van der Waals surface area contributed by atoms with Crippen molar-refractivity contribution in [3.63, 3.8) is 0 Å². The molecule has 4 rings (SSSR count). The van der Waals surface area contributed by atoms with Crippen LogP contribution >= 0.6 is 11.6 Å². The lowest BCUT2D eigenvalue weighted by molar-refractivity contribution is 0.569.